The van der Waals surface area contributed by atoms with E-state index in [2.05, 4.69) is 14.7 Å². The molecule has 0 aliphatic heterocycles. The van der Waals surface area contributed by atoms with Crippen LogP contribution in [-0.4, -0.2) is 18.4 Å². The molecule has 2 aromatic carbocycles. The summed E-state index contributed by atoms with van der Waals surface area (Å²) in [4.78, 5) is 6.40. The van der Waals surface area contributed by atoms with E-state index in [0.29, 0.717) is 11.1 Å². The van der Waals surface area contributed by atoms with Gasteiger partial charge in [0.15, 0.2) is 0 Å². The molecule has 0 aliphatic rings. The predicted molar refractivity (Wildman–Crippen MR) is 87.8 cm³/mol. The number of halogens is 3. The first kappa shape index (κ1) is 17.8. The van der Waals surface area contributed by atoms with Gasteiger partial charge in [-0.25, -0.2) is 18.1 Å². The van der Waals surface area contributed by atoms with Crippen LogP contribution in [0.1, 0.15) is 16.7 Å². The zero-order valence-electron chi connectivity index (χ0n) is 13.2. The highest BCUT2D eigenvalue weighted by molar-refractivity contribution is 7.92. The van der Waals surface area contributed by atoms with E-state index < -0.39 is 21.8 Å². The summed E-state index contributed by atoms with van der Waals surface area (Å²) < 4.78 is 65.4. The molecule has 0 aliphatic carbocycles. The summed E-state index contributed by atoms with van der Waals surface area (Å²) in [6.07, 6.45) is -4.52. The molecule has 0 saturated carbocycles. The smallest absolute Gasteiger partial charge is 0.323 e. The van der Waals surface area contributed by atoms with E-state index >= 15 is 0 Å². The topological polar surface area (TPSA) is 98.6 Å². The molecule has 0 unspecified atom stereocenters. The van der Waals surface area contributed by atoms with Crippen LogP contribution in [0.5, 0.6) is 0 Å². The SMILES string of the molecule is Cc1cc(C#N)ccc1S(=O)(=O)Nc1nc2ccc(C(F)(F)F)cc2[nH]1. The molecule has 3 aromatic rings. The van der Waals surface area contributed by atoms with Crippen LogP contribution in [-0.2, 0) is 16.2 Å². The Bertz CT molecular complexity index is 1140. The Balaban J connectivity index is 1.96. The number of alkyl halides is 3. The lowest BCUT2D eigenvalue weighted by Crippen LogP contribution is -2.15. The number of aromatic nitrogens is 2. The van der Waals surface area contributed by atoms with E-state index in [1.165, 1.54) is 25.1 Å². The van der Waals surface area contributed by atoms with Crippen LogP contribution < -0.4 is 4.72 Å². The van der Waals surface area contributed by atoms with Crippen molar-refractivity contribution in [3.05, 3.63) is 53.1 Å². The van der Waals surface area contributed by atoms with Crippen LogP contribution >= 0.6 is 0 Å². The predicted octanol–water partition coefficient (Wildman–Crippen LogP) is 3.56. The molecular weight excluding hydrogens is 369 g/mol. The van der Waals surface area contributed by atoms with Crippen molar-refractivity contribution in [1.29, 1.82) is 5.26 Å². The van der Waals surface area contributed by atoms with E-state index in [9.17, 15) is 21.6 Å². The molecule has 0 bridgehead atoms. The number of aromatic amines is 1. The summed E-state index contributed by atoms with van der Waals surface area (Å²) in [5.41, 5.74) is 0.0317. The highest BCUT2D eigenvalue weighted by Gasteiger charge is 2.30. The van der Waals surface area contributed by atoms with Gasteiger partial charge in [0.25, 0.3) is 10.0 Å². The Labute approximate surface area is 146 Å². The lowest BCUT2D eigenvalue weighted by molar-refractivity contribution is -0.137. The zero-order valence-corrected chi connectivity index (χ0v) is 14.0. The van der Waals surface area contributed by atoms with Crippen molar-refractivity contribution in [1.82, 2.24) is 9.97 Å². The number of nitrogens with one attached hydrogen (secondary N) is 2. The van der Waals surface area contributed by atoms with Crippen molar-refractivity contribution < 1.29 is 21.6 Å². The summed E-state index contributed by atoms with van der Waals surface area (Å²) in [5.74, 6) is -0.205. The maximum atomic E-state index is 12.8. The van der Waals surface area contributed by atoms with Gasteiger partial charge in [0.1, 0.15) is 0 Å². The number of hydrogen-bond acceptors (Lipinski definition) is 4. The minimum atomic E-state index is -4.52. The molecule has 1 aromatic heterocycles. The van der Waals surface area contributed by atoms with Crippen molar-refractivity contribution >= 4 is 27.0 Å². The molecule has 0 fully saturated rings. The Kier molecular flexibility index (Phi) is 4.12. The first-order valence-electron chi connectivity index (χ1n) is 7.21. The van der Waals surface area contributed by atoms with E-state index in [1.54, 1.807) is 0 Å². The van der Waals surface area contributed by atoms with Gasteiger partial charge < -0.3 is 4.98 Å². The number of anilines is 1. The van der Waals surface area contributed by atoms with Gasteiger partial charge >= 0.3 is 6.18 Å². The molecule has 26 heavy (non-hydrogen) atoms. The third-order valence-corrected chi connectivity index (χ3v) is 5.13. The molecule has 0 spiro atoms. The van der Waals surface area contributed by atoms with Crippen LogP contribution in [0.2, 0.25) is 0 Å². The second-order valence-corrected chi connectivity index (χ2v) is 7.16. The lowest BCUT2D eigenvalue weighted by Gasteiger charge is -2.08. The van der Waals surface area contributed by atoms with Gasteiger partial charge in [0, 0.05) is 0 Å². The number of aryl methyl sites for hydroxylation is 1. The van der Waals surface area contributed by atoms with Crippen LogP contribution in [0.15, 0.2) is 41.3 Å². The zero-order chi connectivity index (χ0) is 19.1. The average Bonchev–Trinajstić information content (AvgIpc) is 2.93. The Morgan fingerprint density at radius 2 is 1.92 bits per heavy atom. The molecule has 0 atom stereocenters. The van der Waals surface area contributed by atoms with E-state index in [-0.39, 0.29) is 21.9 Å². The van der Waals surface area contributed by atoms with E-state index in [1.807, 2.05) is 6.07 Å². The highest BCUT2D eigenvalue weighted by Crippen LogP contribution is 2.31. The quantitative estimate of drug-likeness (QED) is 0.726. The van der Waals surface area contributed by atoms with Crippen LogP contribution in [0, 0.1) is 18.3 Å². The number of benzene rings is 2. The number of nitriles is 1. The fraction of sp³-hybridized carbons (Fsp3) is 0.125. The number of rotatable bonds is 3. The van der Waals surface area contributed by atoms with Crippen LogP contribution in [0.3, 0.4) is 0 Å². The first-order chi connectivity index (χ1) is 12.1. The molecule has 0 saturated heterocycles. The molecule has 0 radical (unpaired) electrons. The maximum Gasteiger partial charge on any atom is 0.416 e. The normalized spacial score (nSPS) is 12.1. The van der Waals surface area contributed by atoms with Gasteiger partial charge in [-0.05, 0) is 48.9 Å². The van der Waals surface area contributed by atoms with Crippen molar-refractivity contribution in [2.45, 2.75) is 18.0 Å². The molecular formula is C16H11F3N4O2S. The number of hydrogen-bond donors (Lipinski definition) is 2. The largest absolute Gasteiger partial charge is 0.416 e. The van der Waals surface area contributed by atoms with Crippen LogP contribution in [0.25, 0.3) is 11.0 Å². The van der Waals surface area contributed by atoms with Crippen molar-refractivity contribution in [2.24, 2.45) is 0 Å². The first-order valence-corrected chi connectivity index (χ1v) is 8.69. The third-order valence-electron chi connectivity index (χ3n) is 3.63. The number of H-pyrrole nitrogens is 1. The Hall–Kier alpha value is -3.06. The molecule has 0 amide bonds. The average molecular weight is 380 g/mol. The molecule has 134 valence electrons. The Morgan fingerprint density at radius 3 is 2.54 bits per heavy atom. The molecule has 3 rings (SSSR count). The number of imidazole rings is 1. The van der Waals surface area contributed by atoms with Gasteiger partial charge in [-0.1, -0.05) is 0 Å². The standard InChI is InChI=1S/C16H11F3N4O2S/c1-9-6-10(8-20)2-5-14(9)26(24,25)23-15-21-12-4-3-11(16(17,18)19)7-13(12)22-15/h2-7H,1H3,(H2,21,22,23). The number of sulfonamides is 1. The molecule has 2 N–H and O–H groups in total. The number of fused-ring (bicyclic) bond motifs is 1. The van der Waals surface area contributed by atoms with Crippen molar-refractivity contribution in [2.75, 3.05) is 4.72 Å². The van der Waals surface area contributed by atoms with Crippen LogP contribution in [0.4, 0.5) is 19.1 Å². The van der Waals surface area contributed by atoms with Gasteiger partial charge in [0.2, 0.25) is 5.95 Å². The van der Waals surface area contributed by atoms with Gasteiger partial charge in [-0.3, -0.25) is 0 Å². The second kappa shape index (κ2) is 6.03. The van der Waals surface area contributed by atoms with E-state index in [0.717, 1.165) is 18.2 Å². The van der Waals surface area contributed by atoms with Gasteiger partial charge in [-0.2, -0.15) is 18.4 Å². The highest BCUT2D eigenvalue weighted by atomic mass is 32.2. The van der Waals surface area contributed by atoms with Crippen molar-refractivity contribution in [3.8, 4) is 6.07 Å². The second-order valence-electron chi connectivity index (χ2n) is 5.51. The lowest BCUT2D eigenvalue weighted by atomic mass is 10.2. The summed E-state index contributed by atoms with van der Waals surface area (Å²) in [5, 5.41) is 8.84. The number of nitrogens with zero attached hydrogens (tertiary/aromatic N) is 2. The molecule has 1 heterocycles. The maximum absolute atomic E-state index is 12.8. The summed E-state index contributed by atoms with van der Waals surface area (Å²) in [6.45, 7) is 1.53. The summed E-state index contributed by atoms with van der Waals surface area (Å²) in [6, 6.07) is 8.83. The fourth-order valence-electron chi connectivity index (χ4n) is 2.44. The van der Waals surface area contributed by atoms with Crippen molar-refractivity contribution in [3.63, 3.8) is 0 Å². The van der Waals surface area contributed by atoms with Gasteiger partial charge in [-0.15, -0.1) is 0 Å². The molecule has 10 heteroatoms. The minimum absolute atomic E-state index is 0.0501. The minimum Gasteiger partial charge on any atom is -0.323 e. The van der Waals surface area contributed by atoms with E-state index in [4.69, 9.17) is 5.26 Å². The third kappa shape index (κ3) is 3.34. The molecule has 6 nitrogen and oxygen atoms in total. The summed E-state index contributed by atoms with van der Waals surface area (Å²) >= 11 is 0. The summed E-state index contributed by atoms with van der Waals surface area (Å²) in [7, 11) is -4.03. The Morgan fingerprint density at radius 1 is 1.19 bits per heavy atom. The van der Waals surface area contributed by atoms with Gasteiger partial charge in [0.05, 0.1) is 33.1 Å². The fourth-order valence-corrected chi connectivity index (χ4v) is 3.63. The monoisotopic (exact) mass is 380 g/mol.